The Balaban J connectivity index is 2.58. The lowest BCUT2D eigenvalue weighted by Crippen LogP contribution is -1.82. The Morgan fingerprint density at radius 1 is 1.31 bits per heavy atom. The number of aryl methyl sites for hydroxylation is 1. The van der Waals surface area contributed by atoms with Gasteiger partial charge in [0.15, 0.2) is 0 Å². The maximum Gasteiger partial charge on any atom is 0.0457 e. The van der Waals surface area contributed by atoms with Crippen LogP contribution in [-0.2, 0) is 6.42 Å². The second-order valence-corrected chi connectivity index (χ2v) is 3.76. The topological polar surface area (TPSA) is 15.8 Å². The molecule has 0 saturated carbocycles. The first-order valence-electron chi connectivity index (χ1n) is 4.13. The van der Waals surface area contributed by atoms with Crippen LogP contribution in [0.4, 0.5) is 0 Å². The van der Waals surface area contributed by atoms with Gasteiger partial charge in [0.25, 0.3) is 0 Å². The number of alkyl halides is 1. The SMILES string of the molecule is ClCCc1c[nH]c2ccc(Cl)cc12. The molecule has 1 heterocycles. The minimum atomic E-state index is 0.638. The van der Waals surface area contributed by atoms with Crippen LogP contribution in [0.3, 0.4) is 0 Å². The summed E-state index contributed by atoms with van der Waals surface area (Å²) in [5.74, 6) is 0.638. The average Bonchev–Trinajstić information content (AvgIpc) is 2.49. The molecule has 0 bridgehead atoms. The number of halogens is 2. The summed E-state index contributed by atoms with van der Waals surface area (Å²) in [5.41, 5.74) is 2.34. The Labute approximate surface area is 86.7 Å². The lowest BCUT2D eigenvalue weighted by Gasteiger charge is -1.95. The van der Waals surface area contributed by atoms with Gasteiger partial charge in [-0.25, -0.2) is 0 Å². The second kappa shape index (κ2) is 3.60. The molecule has 2 rings (SSSR count). The Morgan fingerprint density at radius 2 is 2.15 bits per heavy atom. The number of fused-ring (bicyclic) bond motifs is 1. The predicted molar refractivity (Wildman–Crippen MR) is 57.7 cm³/mol. The lowest BCUT2D eigenvalue weighted by atomic mass is 10.1. The third kappa shape index (κ3) is 1.67. The molecular weight excluding hydrogens is 205 g/mol. The zero-order valence-electron chi connectivity index (χ0n) is 6.98. The van der Waals surface area contributed by atoms with E-state index < -0.39 is 0 Å². The first-order valence-corrected chi connectivity index (χ1v) is 5.04. The number of hydrogen-bond donors (Lipinski definition) is 1. The Bertz CT molecular complexity index is 420. The van der Waals surface area contributed by atoms with Gasteiger partial charge in [-0.15, -0.1) is 11.6 Å². The van der Waals surface area contributed by atoms with E-state index >= 15 is 0 Å². The van der Waals surface area contributed by atoms with E-state index in [9.17, 15) is 0 Å². The highest BCUT2D eigenvalue weighted by Gasteiger charge is 2.02. The quantitative estimate of drug-likeness (QED) is 0.735. The van der Waals surface area contributed by atoms with Crippen LogP contribution in [0.5, 0.6) is 0 Å². The smallest absolute Gasteiger partial charge is 0.0457 e. The lowest BCUT2D eigenvalue weighted by molar-refractivity contribution is 1.16. The summed E-state index contributed by atoms with van der Waals surface area (Å²) in [6, 6.07) is 5.83. The largest absolute Gasteiger partial charge is 0.361 e. The molecule has 0 atom stereocenters. The fourth-order valence-electron chi connectivity index (χ4n) is 1.46. The van der Waals surface area contributed by atoms with Gasteiger partial charge in [-0.05, 0) is 30.2 Å². The van der Waals surface area contributed by atoms with Crippen molar-refractivity contribution in [1.82, 2.24) is 4.98 Å². The van der Waals surface area contributed by atoms with Crippen LogP contribution in [0.15, 0.2) is 24.4 Å². The van der Waals surface area contributed by atoms with Crippen LogP contribution < -0.4 is 0 Å². The number of aromatic nitrogens is 1. The number of nitrogens with one attached hydrogen (secondary N) is 1. The van der Waals surface area contributed by atoms with Crippen LogP contribution in [0.2, 0.25) is 5.02 Å². The molecule has 2 aromatic rings. The molecule has 0 amide bonds. The zero-order valence-corrected chi connectivity index (χ0v) is 8.49. The first kappa shape index (κ1) is 8.92. The fourth-order valence-corrected chi connectivity index (χ4v) is 1.83. The third-order valence-corrected chi connectivity index (χ3v) is 2.52. The molecule has 1 aromatic heterocycles. The van der Waals surface area contributed by atoms with Crippen LogP contribution in [-0.4, -0.2) is 10.9 Å². The number of H-pyrrole nitrogens is 1. The normalized spacial score (nSPS) is 10.9. The van der Waals surface area contributed by atoms with E-state index in [0.29, 0.717) is 5.88 Å². The van der Waals surface area contributed by atoms with E-state index in [4.69, 9.17) is 23.2 Å². The number of benzene rings is 1. The highest BCUT2D eigenvalue weighted by Crippen LogP contribution is 2.22. The van der Waals surface area contributed by atoms with Crippen molar-refractivity contribution in [2.75, 3.05) is 5.88 Å². The minimum Gasteiger partial charge on any atom is -0.361 e. The van der Waals surface area contributed by atoms with Crippen molar-refractivity contribution in [3.05, 3.63) is 35.0 Å². The molecule has 0 aliphatic rings. The molecule has 0 spiro atoms. The van der Waals surface area contributed by atoms with Gasteiger partial charge in [-0.2, -0.15) is 0 Å². The molecule has 1 nitrogen and oxygen atoms in total. The van der Waals surface area contributed by atoms with Crippen molar-refractivity contribution >= 4 is 34.1 Å². The molecule has 13 heavy (non-hydrogen) atoms. The summed E-state index contributed by atoms with van der Waals surface area (Å²) in [5, 5.41) is 1.94. The number of hydrogen-bond acceptors (Lipinski definition) is 0. The molecule has 0 fully saturated rings. The minimum absolute atomic E-state index is 0.638. The summed E-state index contributed by atoms with van der Waals surface area (Å²) >= 11 is 11.6. The number of rotatable bonds is 2. The number of aromatic amines is 1. The van der Waals surface area contributed by atoms with Crippen LogP contribution in [0.1, 0.15) is 5.56 Å². The fraction of sp³-hybridized carbons (Fsp3) is 0.200. The Morgan fingerprint density at radius 3 is 2.92 bits per heavy atom. The van der Waals surface area contributed by atoms with Crippen molar-refractivity contribution < 1.29 is 0 Å². The second-order valence-electron chi connectivity index (χ2n) is 2.94. The molecule has 0 saturated heterocycles. The van der Waals surface area contributed by atoms with E-state index in [2.05, 4.69) is 4.98 Å². The van der Waals surface area contributed by atoms with E-state index in [1.807, 2.05) is 24.4 Å². The zero-order chi connectivity index (χ0) is 9.26. The summed E-state index contributed by atoms with van der Waals surface area (Å²) in [6.45, 7) is 0. The van der Waals surface area contributed by atoms with E-state index in [0.717, 1.165) is 17.0 Å². The Kier molecular flexibility index (Phi) is 2.47. The van der Waals surface area contributed by atoms with Crippen molar-refractivity contribution in [3.8, 4) is 0 Å². The van der Waals surface area contributed by atoms with Gasteiger partial charge in [0.05, 0.1) is 0 Å². The maximum absolute atomic E-state index is 5.90. The molecular formula is C10H9Cl2N. The summed E-state index contributed by atoms with van der Waals surface area (Å²) in [7, 11) is 0. The van der Waals surface area contributed by atoms with E-state index in [-0.39, 0.29) is 0 Å². The monoisotopic (exact) mass is 213 g/mol. The molecule has 3 heteroatoms. The molecule has 0 aliphatic carbocycles. The van der Waals surface area contributed by atoms with E-state index in [1.54, 1.807) is 0 Å². The molecule has 68 valence electrons. The van der Waals surface area contributed by atoms with Gasteiger partial charge in [-0.3, -0.25) is 0 Å². The standard InChI is InChI=1S/C10H9Cl2N/c11-4-3-7-6-13-10-2-1-8(12)5-9(7)10/h1-2,5-6,13H,3-4H2. The van der Waals surface area contributed by atoms with Crippen LogP contribution >= 0.6 is 23.2 Å². The average molecular weight is 214 g/mol. The van der Waals surface area contributed by atoms with Crippen molar-refractivity contribution in [2.45, 2.75) is 6.42 Å². The molecule has 0 aliphatic heterocycles. The van der Waals surface area contributed by atoms with Crippen molar-refractivity contribution in [2.24, 2.45) is 0 Å². The van der Waals surface area contributed by atoms with E-state index in [1.165, 1.54) is 10.9 Å². The molecule has 0 unspecified atom stereocenters. The predicted octanol–water partition coefficient (Wildman–Crippen LogP) is 3.60. The van der Waals surface area contributed by atoms with Gasteiger partial charge in [-0.1, -0.05) is 11.6 Å². The van der Waals surface area contributed by atoms with Gasteiger partial charge in [0.2, 0.25) is 0 Å². The summed E-state index contributed by atoms with van der Waals surface area (Å²) in [4.78, 5) is 3.18. The molecule has 1 N–H and O–H groups in total. The van der Waals surface area contributed by atoms with Gasteiger partial charge < -0.3 is 4.98 Å². The Hall–Kier alpha value is -0.660. The van der Waals surface area contributed by atoms with Crippen LogP contribution in [0, 0.1) is 0 Å². The van der Waals surface area contributed by atoms with Crippen molar-refractivity contribution in [3.63, 3.8) is 0 Å². The third-order valence-electron chi connectivity index (χ3n) is 2.09. The maximum atomic E-state index is 5.90. The van der Waals surface area contributed by atoms with Crippen LogP contribution in [0.25, 0.3) is 10.9 Å². The van der Waals surface area contributed by atoms with Gasteiger partial charge >= 0.3 is 0 Å². The highest BCUT2D eigenvalue weighted by atomic mass is 35.5. The molecule has 1 aromatic carbocycles. The molecule has 0 radical (unpaired) electrons. The van der Waals surface area contributed by atoms with Crippen molar-refractivity contribution in [1.29, 1.82) is 0 Å². The first-order chi connectivity index (χ1) is 6.31. The van der Waals surface area contributed by atoms with Gasteiger partial charge in [0.1, 0.15) is 0 Å². The summed E-state index contributed by atoms with van der Waals surface area (Å²) < 4.78 is 0. The highest BCUT2D eigenvalue weighted by molar-refractivity contribution is 6.31. The summed E-state index contributed by atoms with van der Waals surface area (Å²) in [6.07, 6.45) is 2.87. The van der Waals surface area contributed by atoms with Gasteiger partial charge in [0, 0.05) is 28.0 Å².